The third kappa shape index (κ3) is 4.19. The van der Waals surface area contributed by atoms with Crippen LogP contribution < -0.4 is 9.47 Å². The summed E-state index contributed by atoms with van der Waals surface area (Å²) in [5, 5.41) is 10.1. The van der Waals surface area contributed by atoms with Gasteiger partial charge in [0.15, 0.2) is 11.5 Å². The number of aromatic nitrogens is 1. The van der Waals surface area contributed by atoms with E-state index >= 15 is 0 Å². The minimum atomic E-state index is -0.0372. The first-order valence-corrected chi connectivity index (χ1v) is 12.3. The van der Waals surface area contributed by atoms with Crippen LogP contribution in [0, 0.1) is 6.92 Å². The molecule has 0 saturated heterocycles. The second-order valence-corrected chi connectivity index (χ2v) is 9.42. The Kier molecular flexibility index (Phi) is 6.54. The molecule has 2 aliphatic rings. The summed E-state index contributed by atoms with van der Waals surface area (Å²) < 4.78 is 14.0. The van der Waals surface area contributed by atoms with Crippen LogP contribution in [-0.4, -0.2) is 28.2 Å². The predicted molar refractivity (Wildman–Crippen MR) is 141 cm³/mol. The number of aryl methyl sites for hydroxylation is 1. The van der Waals surface area contributed by atoms with Crippen molar-refractivity contribution in [3.63, 3.8) is 0 Å². The number of ether oxygens (including phenoxy) is 2. The van der Waals surface area contributed by atoms with E-state index in [1.807, 2.05) is 17.6 Å². The number of hydrogen-bond acceptors (Lipinski definition) is 4. The van der Waals surface area contributed by atoms with Gasteiger partial charge in [0.05, 0.1) is 7.11 Å². The van der Waals surface area contributed by atoms with Crippen LogP contribution in [0.3, 0.4) is 0 Å². The maximum Gasteiger partial charge on any atom is 0.162 e. The molecule has 1 unspecified atom stereocenters. The molecule has 3 heterocycles. The van der Waals surface area contributed by atoms with Gasteiger partial charge in [-0.3, -0.25) is 4.90 Å². The van der Waals surface area contributed by atoms with E-state index < -0.39 is 0 Å². The Morgan fingerprint density at radius 1 is 1.20 bits per heavy atom. The lowest BCUT2D eigenvalue weighted by molar-refractivity contribution is 0.144. The molecule has 0 spiro atoms. The molecule has 3 aromatic rings. The molecule has 5 heteroatoms. The number of aliphatic hydroxyl groups excluding tert-OH is 1. The first-order chi connectivity index (χ1) is 17.1. The van der Waals surface area contributed by atoms with Crippen molar-refractivity contribution < 1.29 is 14.6 Å². The zero-order chi connectivity index (χ0) is 24.5. The lowest BCUT2D eigenvalue weighted by Gasteiger charge is -2.41. The van der Waals surface area contributed by atoms with E-state index in [2.05, 4.69) is 67.0 Å². The first-order valence-electron chi connectivity index (χ1n) is 12.3. The van der Waals surface area contributed by atoms with Gasteiger partial charge in [0.25, 0.3) is 0 Å². The van der Waals surface area contributed by atoms with Crippen LogP contribution in [0.4, 0.5) is 0 Å². The van der Waals surface area contributed by atoms with Crippen molar-refractivity contribution in [2.24, 2.45) is 0 Å². The Labute approximate surface area is 207 Å². The molecule has 182 valence electrons. The molecule has 0 aliphatic carbocycles. The smallest absolute Gasteiger partial charge is 0.162 e. The van der Waals surface area contributed by atoms with Crippen molar-refractivity contribution in [1.29, 1.82) is 0 Å². The predicted octanol–water partition coefficient (Wildman–Crippen LogP) is 5.67. The number of rotatable bonds is 7. The number of allylic oxidation sites excluding steroid dienone is 1. The number of nitrogens with zero attached hydrogens (tertiary/aromatic N) is 2. The standard InChI is InChI=1S/C30H34N2O3/c1-5-8-23-25-15-27-24-16-30(35-18-21-10-7-9-20(3)13-21)29(34-4)14-22(24)11-12-31(27)17-28(25)32(19-33)26(23)6-2/h5-10,13-14,16,27,33H,2,11-12,15,17-19H2,1,3-4H3/b8-5-. The highest BCUT2D eigenvalue weighted by Crippen LogP contribution is 2.44. The molecule has 0 amide bonds. The minimum Gasteiger partial charge on any atom is -0.493 e. The van der Waals surface area contributed by atoms with E-state index in [-0.39, 0.29) is 12.8 Å². The average Bonchev–Trinajstić information content (AvgIpc) is 3.17. The maximum absolute atomic E-state index is 10.1. The first kappa shape index (κ1) is 23.5. The highest BCUT2D eigenvalue weighted by Gasteiger charge is 2.36. The van der Waals surface area contributed by atoms with Crippen molar-refractivity contribution in [3.05, 3.63) is 93.8 Å². The molecule has 1 N–H and O–H groups in total. The summed E-state index contributed by atoms with van der Waals surface area (Å²) in [6.45, 7) is 10.4. The normalized spacial score (nSPS) is 17.1. The van der Waals surface area contributed by atoms with Crippen molar-refractivity contribution in [1.82, 2.24) is 9.47 Å². The van der Waals surface area contributed by atoms with Crippen LogP contribution in [0.15, 0.2) is 49.1 Å². The van der Waals surface area contributed by atoms with Gasteiger partial charge in [-0.2, -0.15) is 0 Å². The van der Waals surface area contributed by atoms with E-state index in [1.54, 1.807) is 7.11 Å². The number of methoxy groups -OCH3 is 1. The van der Waals surface area contributed by atoms with Crippen LogP contribution in [-0.2, 0) is 32.7 Å². The van der Waals surface area contributed by atoms with Gasteiger partial charge in [0.1, 0.15) is 13.3 Å². The number of fused-ring (bicyclic) bond motifs is 4. The molecule has 5 rings (SSSR count). The van der Waals surface area contributed by atoms with E-state index in [4.69, 9.17) is 9.47 Å². The Morgan fingerprint density at radius 2 is 2.06 bits per heavy atom. The third-order valence-electron chi connectivity index (χ3n) is 7.35. The largest absolute Gasteiger partial charge is 0.493 e. The van der Waals surface area contributed by atoms with Gasteiger partial charge >= 0.3 is 0 Å². The van der Waals surface area contributed by atoms with E-state index in [1.165, 1.54) is 33.5 Å². The Hall–Kier alpha value is -3.28. The number of aliphatic hydroxyl groups is 1. The van der Waals surface area contributed by atoms with Crippen molar-refractivity contribution in [3.8, 4) is 11.5 Å². The van der Waals surface area contributed by atoms with E-state index in [0.717, 1.165) is 48.7 Å². The van der Waals surface area contributed by atoms with Gasteiger partial charge < -0.3 is 19.1 Å². The molecule has 1 atom stereocenters. The van der Waals surface area contributed by atoms with Crippen molar-refractivity contribution >= 4 is 12.2 Å². The zero-order valence-corrected chi connectivity index (χ0v) is 20.9. The van der Waals surface area contributed by atoms with Gasteiger partial charge in [-0.25, -0.2) is 0 Å². The second kappa shape index (κ2) is 9.76. The fourth-order valence-electron chi connectivity index (χ4n) is 5.72. The van der Waals surface area contributed by atoms with Crippen molar-refractivity contribution in [2.75, 3.05) is 13.7 Å². The Balaban J connectivity index is 1.52. The molecule has 35 heavy (non-hydrogen) atoms. The van der Waals surface area contributed by atoms with Gasteiger partial charge in [0, 0.05) is 36.1 Å². The molecule has 2 aliphatic heterocycles. The molecule has 0 saturated carbocycles. The third-order valence-corrected chi connectivity index (χ3v) is 7.35. The summed E-state index contributed by atoms with van der Waals surface area (Å²) in [4.78, 5) is 2.53. The summed E-state index contributed by atoms with van der Waals surface area (Å²) in [6, 6.07) is 13.0. The molecule has 0 fully saturated rings. The second-order valence-electron chi connectivity index (χ2n) is 9.42. The molecule has 1 aromatic heterocycles. The highest BCUT2D eigenvalue weighted by atomic mass is 16.5. The van der Waals surface area contributed by atoms with E-state index in [9.17, 15) is 5.11 Å². The monoisotopic (exact) mass is 470 g/mol. The fourth-order valence-corrected chi connectivity index (χ4v) is 5.72. The summed E-state index contributed by atoms with van der Waals surface area (Å²) >= 11 is 0. The maximum atomic E-state index is 10.1. The molecule has 0 radical (unpaired) electrons. The summed E-state index contributed by atoms with van der Waals surface area (Å²) in [6.07, 6.45) is 7.92. The van der Waals surface area contributed by atoms with Crippen LogP contribution >= 0.6 is 0 Å². The highest BCUT2D eigenvalue weighted by molar-refractivity contribution is 5.68. The fraction of sp³-hybridized carbons (Fsp3) is 0.333. The quantitative estimate of drug-likeness (QED) is 0.484. The molecule has 2 aromatic carbocycles. The SMILES string of the molecule is C=Cc1c(/C=C\C)c2c(n1CO)CN1CCc3cc(OC)c(OCc4cccc(C)c4)cc3C1C2. The van der Waals surface area contributed by atoms with Crippen LogP contribution in [0.25, 0.3) is 12.2 Å². The van der Waals surface area contributed by atoms with Gasteiger partial charge in [-0.1, -0.05) is 48.6 Å². The summed E-state index contributed by atoms with van der Waals surface area (Å²) in [7, 11) is 1.71. The topological polar surface area (TPSA) is 46.9 Å². The number of hydrogen-bond donors (Lipinski definition) is 1. The van der Waals surface area contributed by atoms with Crippen molar-refractivity contribution in [2.45, 2.75) is 52.6 Å². The van der Waals surface area contributed by atoms with Crippen LogP contribution in [0.5, 0.6) is 11.5 Å². The summed E-state index contributed by atoms with van der Waals surface area (Å²) in [5.74, 6) is 1.57. The molecular formula is C30H34N2O3. The van der Waals surface area contributed by atoms with Crippen LogP contribution in [0.1, 0.15) is 57.7 Å². The van der Waals surface area contributed by atoms with Gasteiger partial charge in [-0.05, 0) is 67.2 Å². The minimum absolute atomic E-state index is 0.0372. The summed E-state index contributed by atoms with van der Waals surface area (Å²) in [5.41, 5.74) is 9.67. The number of benzene rings is 2. The van der Waals surface area contributed by atoms with Gasteiger partial charge in [-0.15, -0.1) is 0 Å². The molecular weight excluding hydrogens is 436 g/mol. The van der Waals surface area contributed by atoms with E-state index in [0.29, 0.717) is 6.61 Å². The molecule has 0 bridgehead atoms. The van der Waals surface area contributed by atoms with Crippen LogP contribution in [0.2, 0.25) is 0 Å². The Bertz CT molecular complexity index is 1290. The zero-order valence-electron chi connectivity index (χ0n) is 20.9. The Morgan fingerprint density at radius 3 is 2.77 bits per heavy atom. The lowest BCUT2D eigenvalue weighted by Crippen LogP contribution is -2.40. The average molecular weight is 471 g/mol. The lowest BCUT2D eigenvalue weighted by atomic mass is 9.84. The van der Waals surface area contributed by atoms with Gasteiger partial charge in [0.2, 0.25) is 0 Å². The molecule has 5 nitrogen and oxygen atoms in total.